The number of anilines is 1. The Bertz CT molecular complexity index is 965. The Morgan fingerprint density at radius 3 is 2.46 bits per heavy atom. The van der Waals surface area contributed by atoms with Crippen LogP contribution in [0.2, 0.25) is 0 Å². The van der Waals surface area contributed by atoms with Crippen LogP contribution < -0.4 is 10.0 Å². The second-order valence-electron chi connectivity index (χ2n) is 7.51. The number of sulfonamides is 1. The molecule has 0 bridgehead atoms. The van der Waals surface area contributed by atoms with Gasteiger partial charge in [-0.2, -0.15) is 0 Å². The Kier molecular flexibility index (Phi) is 6.05. The van der Waals surface area contributed by atoms with Crippen molar-refractivity contribution in [1.29, 1.82) is 0 Å². The molecule has 0 aliphatic carbocycles. The lowest BCUT2D eigenvalue weighted by atomic mass is 10.0. The van der Waals surface area contributed by atoms with E-state index in [0.29, 0.717) is 16.8 Å². The van der Waals surface area contributed by atoms with Crippen molar-refractivity contribution >= 4 is 21.6 Å². The molecule has 1 aliphatic rings. The number of benzene rings is 2. The molecule has 7 heteroatoms. The van der Waals surface area contributed by atoms with Crippen LogP contribution in [0.5, 0.6) is 0 Å². The van der Waals surface area contributed by atoms with Crippen LogP contribution in [0, 0.1) is 13.8 Å². The normalized spacial score (nSPS) is 16.0. The minimum absolute atomic E-state index is 0.116. The fourth-order valence-corrected chi connectivity index (χ4v) is 4.69. The summed E-state index contributed by atoms with van der Waals surface area (Å²) in [4.78, 5) is 15.0. The first-order valence-corrected chi connectivity index (χ1v) is 10.9. The first-order valence-electron chi connectivity index (χ1n) is 9.44. The lowest BCUT2D eigenvalue weighted by molar-refractivity contribution is 0.0916. The molecule has 1 fully saturated rings. The van der Waals surface area contributed by atoms with Crippen LogP contribution in [0.4, 0.5) is 5.69 Å². The molecule has 6 nitrogen and oxygen atoms in total. The van der Waals surface area contributed by atoms with Gasteiger partial charge in [0.25, 0.3) is 15.9 Å². The maximum Gasteiger partial charge on any atom is 0.262 e. The number of carbonyl (C=O) groups excluding carboxylic acids is 1. The molecule has 0 radical (unpaired) electrons. The average molecular weight is 402 g/mol. The molecule has 2 aromatic carbocycles. The Labute approximate surface area is 167 Å². The zero-order chi connectivity index (χ0) is 20.3. The summed E-state index contributed by atoms with van der Waals surface area (Å²) in [5.41, 5.74) is 2.41. The van der Waals surface area contributed by atoms with E-state index >= 15 is 0 Å². The van der Waals surface area contributed by atoms with E-state index in [2.05, 4.69) is 22.0 Å². The van der Waals surface area contributed by atoms with Crippen LogP contribution in [0.15, 0.2) is 47.4 Å². The van der Waals surface area contributed by atoms with E-state index in [1.807, 2.05) is 13.0 Å². The van der Waals surface area contributed by atoms with E-state index in [1.54, 1.807) is 37.3 Å². The zero-order valence-corrected chi connectivity index (χ0v) is 17.3. The lowest BCUT2D eigenvalue weighted by Gasteiger charge is -2.29. The summed E-state index contributed by atoms with van der Waals surface area (Å²) < 4.78 is 28.4. The van der Waals surface area contributed by atoms with Crippen LogP contribution in [-0.4, -0.2) is 45.4 Å². The Morgan fingerprint density at radius 1 is 1.07 bits per heavy atom. The number of rotatable bonds is 5. The first-order chi connectivity index (χ1) is 13.2. The van der Waals surface area contributed by atoms with Crippen molar-refractivity contribution in [2.45, 2.75) is 37.6 Å². The predicted octanol–water partition coefficient (Wildman–Crippen LogP) is 2.93. The van der Waals surface area contributed by atoms with Gasteiger partial charge in [0, 0.05) is 17.3 Å². The van der Waals surface area contributed by atoms with Crippen LogP contribution >= 0.6 is 0 Å². The third-order valence-corrected chi connectivity index (χ3v) is 6.59. The molecule has 0 saturated carbocycles. The molecule has 1 saturated heterocycles. The summed E-state index contributed by atoms with van der Waals surface area (Å²) in [6.45, 7) is 5.51. The van der Waals surface area contributed by atoms with E-state index in [4.69, 9.17) is 0 Å². The molecule has 1 heterocycles. The Morgan fingerprint density at radius 2 is 1.79 bits per heavy atom. The van der Waals surface area contributed by atoms with E-state index in [0.717, 1.165) is 31.5 Å². The third kappa shape index (κ3) is 4.91. The highest BCUT2D eigenvalue weighted by atomic mass is 32.2. The molecule has 3 rings (SSSR count). The van der Waals surface area contributed by atoms with Crippen LogP contribution in [0.3, 0.4) is 0 Å². The number of carbonyl (C=O) groups is 1. The van der Waals surface area contributed by atoms with Crippen LogP contribution in [0.1, 0.15) is 34.3 Å². The summed E-state index contributed by atoms with van der Waals surface area (Å²) >= 11 is 0. The van der Waals surface area contributed by atoms with E-state index < -0.39 is 10.0 Å². The van der Waals surface area contributed by atoms with Crippen LogP contribution in [-0.2, 0) is 10.0 Å². The second kappa shape index (κ2) is 8.32. The number of hydrogen-bond acceptors (Lipinski definition) is 4. The fourth-order valence-electron chi connectivity index (χ4n) is 3.37. The monoisotopic (exact) mass is 401 g/mol. The van der Waals surface area contributed by atoms with Crippen molar-refractivity contribution in [2.24, 2.45) is 0 Å². The minimum Gasteiger partial charge on any atom is -0.349 e. The number of piperidine rings is 1. The van der Waals surface area contributed by atoms with Crippen molar-refractivity contribution < 1.29 is 13.2 Å². The van der Waals surface area contributed by atoms with Gasteiger partial charge in [0.05, 0.1) is 4.90 Å². The highest BCUT2D eigenvalue weighted by molar-refractivity contribution is 7.92. The van der Waals surface area contributed by atoms with Crippen molar-refractivity contribution in [3.63, 3.8) is 0 Å². The van der Waals surface area contributed by atoms with E-state index in [-0.39, 0.29) is 16.8 Å². The number of nitrogens with zero attached hydrogens (tertiary/aromatic N) is 1. The van der Waals surface area contributed by atoms with Gasteiger partial charge in [-0.1, -0.05) is 18.2 Å². The summed E-state index contributed by atoms with van der Waals surface area (Å²) in [7, 11) is -1.73. The van der Waals surface area contributed by atoms with Gasteiger partial charge in [-0.15, -0.1) is 0 Å². The van der Waals surface area contributed by atoms with Gasteiger partial charge >= 0.3 is 0 Å². The third-order valence-electron chi connectivity index (χ3n) is 5.06. The van der Waals surface area contributed by atoms with Gasteiger partial charge in [0.15, 0.2) is 0 Å². The predicted molar refractivity (Wildman–Crippen MR) is 111 cm³/mol. The standard InChI is InChI=1S/C21H27N3O3S/c1-15-5-4-6-19(13-15)23-28(26,27)20-14-17(8-7-16(20)2)21(25)22-18-9-11-24(3)12-10-18/h4-8,13-14,18,23H,9-12H2,1-3H3,(H,22,25). The molecule has 1 aliphatic heterocycles. The van der Waals surface area contributed by atoms with Gasteiger partial charge < -0.3 is 10.2 Å². The Hall–Kier alpha value is -2.38. The number of nitrogens with one attached hydrogen (secondary N) is 2. The zero-order valence-electron chi connectivity index (χ0n) is 16.5. The van der Waals surface area contributed by atoms with Gasteiger partial charge in [-0.25, -0.2) is 8.42 Å². The van der Waals surface area contributed by atoms with E-state index in [1.165, 1.54) is 6.07 Å². The van der Waals surface area contributed by atoms with Crippen molar-refractivity contribution in [1.82, 2.24) is 10.2 Å². The highest BCUT2D eigenvalue weighted by Crippen LogP contribution is 2.22. The largest absolute Gasteiger partial charge is 0.349 e. The molecule has 150 valence electrons. The Balaban J connectivity index is 1.79. The summed E-state index contributed by atoms with van der Waals surface area (Å²) in [5.74, 6) is -0.235. The molecule has 0 atom stereocenters. The molecular formula is C21H27N3O3S. The van der Waals surface area contributed by atoms with Crippen molar-refractivity contribution in [2.75, 3.05) is 24.9 Å². The van der Waals surface area contributed by atoms with Gasteiger partial charge in [0.2, 0.25) is 0 Å². The first kappa shape index (κ1) is 20.4. The molecule has 0 aromatic heterocycles. The summed E-state index contributed by atoms with van der Waals surface area (Å²) in [6.07, 6.45) is 1.79. The number of aryl methyl sites for hydroxylation is 2. The molecule has 0 spiro atoms. The summed E-state index contributed by atoms with van der Waals surface area (Å²) in [6, 6.07) is 12.1. The lowest BCUT2D eigenvalue weighted by Crippen LogP contribution is -2.43. The SMILES string of the molecule is Cc1cccc(NS(=O)(=O)c2cc(C(=O)NC3CCN(C)CC3)ccc2C)c1. The summed E-state index contributed by atoms with van der Waals surface area (Å²) in [5, 5.41) is 3.03. The molecular weight excluding hydrogens is 374 g/mol. The van der Waals surface area contributed by atoms with Gasteiger partial charge in [-0.3, -0.25) is 9.52 Å². The minimum atomic E-state index is -3.79. The van der Waals surface area contributed by atoms with E-state index in [9.17, 15) is 13.2 Å². The number of likely N-dealkylation sites (tertiary alicyclic amines) is 1. The topological polar surface area (TPSA) is 78.5 Å². The van der Waals surface area contributed by atoms with Gasteiger partial charge in [-0.05, 0) is 82.2 Å². The quantitative estimate of drug-likeness (QED) is 0.807. The number of hydrogen-bond donors (Lipinski definition) is 2. The van der Waals surface area contributed by atoms with Gasteiger partial charge in [0.1, 0.15) is 0 Å². The second-order valence-corrected chi connectivity index (χ2v) is 9.16. The smallest absolute Gasteiger partial charge is 0.262 e. The van der Waals surface area contributed by atoms with Crippen molar-refractivity contribution in [3.8, 4) is 0 Å². The maximum atomic E-state index is 12.9. The molecule has 0 unspecified atom stereocenters. The fraction of sp³-hybridized carbons (Fsp3) is 0.381. The van der Waals surface area contributed by atoms with Crippen molar-refractivity contribution in [3.05, 3.63) is 59.2 Å². The molecule has 28 heavy (non-hydrogen) atoms. The molecule has 1 amide bonds. The highest BCUT2D eigenvalue weighted by Gasteiger charge is 2.22. The molecule has 2 aromatic rings. The van der Waals surface area contributed by atoms with Crippen LogP contribution in [0.25, 0.3) is 0 Å². The maximum absolute atomic E-state index is 12.9. The average Bonchev–Trinajstić information content (AvgIpc) is 2.63. The number of amides is 1. The molecule has 2 N–H and O–H groups in total.